The molecule has 0 spiro atoms. The molecule has 2 aromatic carbocycles. The molecule has 1 aliphatic carbocycles. The molecular weight excluding hydrogens is 625 g/mol. The zero-order valence-electron chi connectivity index (χ0n) is 29.2. The van der Waals surface area contributed by atoms with E-state index in [4.69, 9.17) is 10.5 Å². The average Bonchev–Trinajstić information content (AvgIpc) is 3.05. The van der Waals surface area contributed by atoms with E-state index in [-0.39, 0.29) is 41.5 Å². The van der Waals surface area contributed by atoms with Crippen LogP contribution >= 0.6 is 11.8 Å². The molecule has 4 rings (SSSR count). The molecule has 2 aromatic rings. The highest BCUT2D eigenvalue weighted by Gasteiger charge is 2.42. The Labute approximate surface area is 291 Å². The number of phenols is 1. The second-order valence-electron chi connectivity index (χ2n) is 14.5. The number of nitrogens with zero attached hydrogens (tertiary/aromatic N) is 1. The zero-order valence-corrected chi connectivity index (χ0v) is 30.0. The van der Waals surface area contributed by atoms with Gasteiger partial charge in [0.15, 0.2) is 0 Å². The lowest BCUT2D eigenvalue weighted by Crippen LogP contribution is -2.61. The molecule has 1 unspecified atom stereocenters. The van der Waals surface area contributed by atoms with Crippen molar-refractivity contribution in [1.29, 1.82) is 0 Å². The van der Waals surface area contributed by atoms with Crippen LogP contribution in [0.5, 0.6) is 5.75 Å². The summed E-state index contributed by atoms with van der Waals surface area (Å²) in [5, 5.41) is 16.8. The predicted octanol–water partition coefficient (Wildman–Crippen LogP) is 5.82. The number of likely N-dealkylation sites (tertiary alicyclic amines) is 1. The van der Waals surface area contributed by atoms with Gasteiger partial charge in [-0.15, -0.1) is 11.8 Å². The maximum atomic E-state index is 13.8. The Morgan fingerprint density at radius 3 is 2.46 bits per heavy atom. The number of nitrogens with two attached hydrogens (primary N) is 1. The van der Waals surface area contributed by atoms with Gasteiger partial charge in [0.1, 0.15) is 11.9 Å². The number of benzene rings is 2. The van der Waals surface area contributed by atoms with E-state index in [1.165, 1.54) is 12.8 Å². The molecule has 48 heavy (non-hydrogen) atoms. The lowest BCUT2D eigenvalue weighted by Gasteiger charge is -2.47. The number of thioether (sulfide) groups is 1. The van der Waals surface area contributed by atoms with E-state index >= 15 is 0 Å². The highest BCUT2D eigenvalue weighted by Crippen LogP contribution is 2.39. The smallest absolute Gasteiger partial charge is 0.306 e. The standard InChI is InChI=1S/C38H56N4O5S/c1-26-30(18-13-19-33(26)43)36(45)40-31(25-48-29-16-7-5-8-17-29)34(47-35(44)20-9-6-12-21-39)24-42-23-28-15-11-10-14-27(28)22-32(42)37(46)41-38(2,3)4/h5,7-8,13,16-19,27-28,31-32,34,43H,6,9-12,14-15,20-25,39H2,1-4H3,(H,40,45)(H,41,46)/t27-,28?,31-,32-,34+/m0/s1. The molecule has 2 amide bonds. The third kappa shape index (κ3) is 11.2. The second kappa shape index (κ2) is 18.1. The number of hydrogen-bond acceptors (Lipinski definition) is 8. The second-order valence-corrected chi connectivity index (χ2v) is 15.6. The minimum atomic E-state index is -0.713. The van der Waals surface area contributed by atoms with Gasteiger partial charge in [-0.05, 0) is 96.0 Å². The van der Waals surface area contributed by atoms with E-state index in [9.17, 15) is 19.5 Å². The van der Waals surface area contributed by atoms with Gasteiger partial charge in [-0.2, -0.15) is 0 Å². The number of amides is 2. The lowest BCUT2D eigenvalue weighted by molar-refractivity contribution is -0.153. The number of nitrogens with one attached hydrogen (secondary N) is 2. The largest absolute Gasteiger partial charge is 0.508 e. The average molecular weight is 681 g/mol. The van der Waals surface area contributed by atoms with Gasteiger partial charge >= 0.3 is 5.97 Å². The number of carbonyl (C=O) groups excluding carboxylic acids is 3. The first-order chi connectivity index (χ1) is 22.9. The molecule has 1 heterocycles. The number of rotatable bonds is 15. The van der Waals surface area contributed by atoms with Gasteiger partial charge in [0.05, 0.1) is 12.1 Å². The lowest BCUT2D eigenvalue weighted by atomic mass is 9.72. The summed E-state index contributed by atoms with van der Waals surface area (Å²) < 4.78 is 6.32. The number of unbranched alkanes of at least 4 members (excludes halogenated alkanes) is 2. The summed E-state index contributed by atoms with van der Waals surface area (Å²) in [5.41, 5.74) is 6.14. The Kier molecular flexibility index (Phi) is 14.2. The molecule has 1 saturated heterocycles. The molecular formula is C38H56N4O5S. The third-order valence-electron chi connectivity index (χ3n) is 9.57. The summed E-state index contributed by atoms with van der Waals surface area (Å²) in [5.74, 6) is 0.780. The Hall–Kier alpha value is -3.08. The number of piperidine rings is 1. The van der Waals surface area contributed by atoms with Gasteiger partial charge in [0.25, 0.3) is 5.91 Å². The first-order valence-corrected chi connectivity index (χ1v) is 18.7. The van der Waals surface area contributed by atoms with Crippen LogP contribution in [0.2, 0.25) is 0 Å². The fourth-order valence-electron chi connectivity index (χ4n) is 6.98. The fourth-order valence-corrected chi connectivity index (χ4v) is 8.00. The zero-order chi connectivity index (χ0) is 34.7. The van der Waals surface area contributed by atoms with Gasteiger partial charge in [0.2, 0.25) is 5.91 Å². The van der Waals surface area contributed by atoms with Gasteiger partial charge in [-0.1, -0.05) is 49.9 Å². The highest BCUT2D eigenvalue weighted by molar-refractivity contribution is 7.99. The van der Waals surface area contributed by atoms with E-state index in [0.29, 0.717) is 48.2 Å². The van der Waals surface area contributed by atoms with Crippen molar-refractivity contribution < 1.29 is 24.2 Å². The van der Waals surface area contributed by atoms with Crippen LogP contribution in [-0.2, 0) is 14.3 Å². The SMILES string of the molecule is Cc1c(O)cccc1C(=O)N[C@@H](CSc1ccccc1)[C@@H](CN1CC2CCCC[C@H]2C[C@H]1C(=O)NC(C)(C)C)OC(=O)CCCCCN. The number of hydrogen-bond donors (Lipinski definition) is 4. The Bertz CT molecular complexity index is 1350. The summed E-state index contributed by atoms with van der Waals surface area (Å²) in [4.78, 5) is 44.3. The number of phenolic OH excluding ortho intramolecular Hbond substituents is 1. The van der Waals surface area contributed by atoms with Crippen LogP contribution in [0, 0.1) is 18.8 Å². The van der Waals surface area contributed by atoms with E-state index in [1.54, 1.807) is 36.9 Å². The maximum absolute atomic E-state index is 13.8. The van der Waals surface area contributed by atoms with E-state index < -0.39 is 12.1 Å². The van der Waals surface area contributed by atoms with Crippen molar-refractivity contribution >= 4 is 29.5 Å². The Morgan fingerprint density at radius 2 is 1.75 bits per heavy atom. The third-order valence-corrected chi connectivity index (χ3v) is 10.7. The van der Waals surface area contributed by atoms with Crippen LogP contribution in [0.25, 0.3) is 0 Å². The van der Waals surface area contributed by atoms with Crippen molar-refractivity contribution in [3.05, 3.63) is 59.7 Å². The summed E-state index contributed by atoms with van der Waals surface area (Å²) in [6, 6.07) is 13.9. The highest BCUT2D eigenvalue weighted by atomic mass is 32.2. The van der Waals surface area contributed by atoms with Gasteiger partial charge in [-0.25, -0.2) is 0 Å². The molecule has 0 bridgehead atoms. The first-order valence-electron chi connectivity index (χ1n) is 17.7. The topological polar surface area (TPSA) is 134 Å². The normalized spacial score (nSPS) is 21.1. The summed E-state index contributed by atoms with van der Waals surface area (Å²) in [6.07, 6.45) is 7.30. The minimum Gasteiger partial charge on any atom is -0.508 e. The first kappa shape index (κ1) is 37.7. The number of ether oxygens (including phenoxy) is 1. The van der Waals surface area contributed by atoms with Gasteiger partial charge in [-0.3, -0.25) is 19.3 Å². The van der Waals surface area contributed by atoms with E-state index in [1.807, 2.05) is 51.1 Å². The molecule has 1 saturated carbocycles. The molecule has 0 aromatic heterocycles. The van der Waals surface area contributed by atoms with Crippen LogP contribution < -0.4 is 16.4 Å². The van der Waals surface area contributed by atoms with E-state index in [0.717, 1.165) is 43.5 Å². The summed E-state index contributed by atoms with van der Waals surface area (Å²) in [7, 11) is 0. The molecule has 264 valence electrons. The van der Waals surface area contributed by atoms with Crippen LogP contribution in [0.15, 0.2) is 53.4 Å². The van der Waals surface area contributed by atoms with Crippen LogP contribution in [0.4, 0.5) is 0 Å². The molecule has 10 heteroatoms. The van der Waals surface area contributed by atoms with Crippen molar-refractivity contribution in [2.75, 3.05) is 25.4 Å². The summed E-state index contributed by atoms with van der Waals surface area (Å²) in [6.45, 7) is 9.33. The van der Waals surface area contributed by atoms with Crippen molar-refractivity contribution in [2.45, 2.75) is 114 Å². The summed E-state index contributed by atoms with van der Waals surface area (Å²) >= 11 is 1.58. The number of carbonyl (C=O) groups is 3. The van der Waals surface area contributed by atoms with Crippen LogP contribution in [0.1, 0.15) is 94.5 Å². The molecule has 0 radical (unpaired) electrons. The number of esters is 1. The predicted molar refractivity (Wildman–Crippen MR) is 192 cm³/mol. The quantitative estimate of drug-likeness (QED) is 0.105. The Balaban J connectivity index is 1.66. The van der Waals surface area contributed by atoms with Gasteiger partial charge < -0.3 is 26.2 Å². The van der Waals surface area contributed by atoms with Crippen LogP contribution in [0.3, 0.4) is 0 Å². The number of fused-ring (bicyclic) bond motifs is 1. The minimum absolute atomic E-state index is 0.00647. The van der Waals surface area contributed by atoms with Crippen molar-refractivity contribution in [3.63, 3.8) is 0 Å². The van der Waals surface area contributed by atoms with Crippen molar-refractivity contribution in [1.82, 2.24) is 15.5 Å². The van der Waals surface area contributed by atoms with E-state index in [2.05, 4.69) is 15.5 Å². The molecule has 1 aliphatic heterocycles. The van der Waals surface area contributed by atoms with Crippen molar-refractivity contribution in [2.24, 2.45) is 17.6 Å². The van der Waals surface area contributed by atoms with Crippen LogP contribution in [-0.4, -0.2) is 76.9 Å². The molecule has 9 nitrogen and oxygen atoms in total. The molecule has 5 N–H and O–H groups in total. The molecule has 5 atom stereocenters. The van der Waals surface area contributed by atoms with Gasteiger partial charge in [0, 0.05) is 46.8 Å². The Morgan fingerprint density at radius 1 is 1.02 bits per heavy atom. The monoisotopic (exact) mass is 680 g/mol. The van der Waals surface area contributed by atoms with Crippen molar-refractivity contribution in [3.8, 4) is 5.75 Å². The maximum Gasteiger partial charge on any atom is 0.306 e. The molecule has 2 fully saturated rings. The number of aromatic hydroxyl groups is 1. The molecule has 2 aliphatic rings. The fraction of sp³-hybridized carbons (Fsp3) is 0.605.